The van der Waals surface area contributed by atoms with Crippen LogP contribution in [0.5, 0.6) is 11.5 Å². The lowest BCUT2D eigenvalue weighted by molar-refractivity contribution is -0.137. The van der Waals surface area contributed by atoms with Crippen molar-refractivity contribution in [1.82, 2.24) is 9.78 Å². The van der Waals surface area contributed by atoms with Gasteiger partial charge < -0.3 is 9.47 Å². The lowest BCUT2D eigenvalue weighted by Crippen LogP contribution is -2.08. The Morgan fingerprint density at radius 3 is 2.09 bits per heavy atom. The molecule has 0 aliphatic carbocycles. The summed E-state index contributed by atoms with van der Waals surface area (Å²) in [6.07, 6.45) is -4.43. The number of methoxy groups -OCH3 is 2. The zero-order valence-corrected chi connectivity index (χ0v) is 18.6. The third kappa shape index (κ3) is 4.83. The number of aromatic nitrogens is 2. The molecule has 0 amide bonds. The molecule has 0 bridgehead atoms. The highest BCUT2D eigenvalue weighted by molar-refractivity contribution is 6.35. The first kappa shape index (κ1) is 22.7. The van der Waals surface area contributed by atoms with Gasteiger partial charge in [-0.1, -0.05) is 48.0 Å². The molecule has 4 aromatic rings. The molecule has 0 unspecified atom stereocenters. The summed E-state index contributed by atoms with van der Waals surface area (Å²) < 4.78 is 51.9. The van der Waals surface area contributed by atoms with Crippen LogP contribution in [-0.4, -0.2) is 24.0 Å². The highest BCUT2D eigenvalue weighted by Gasteiger charge is 2.30. The van der Waals surface area contributed by atoms with Gasteiger partial charge in [-0.15, -0.1) is 0 Å². The minimum absolute atomic E-state index is 0.0974. The molecule has 1 aromatic heterocycles. The molecule has 0 aliphatic rings. The van der Waals surface area contributed by atoms with Crippen LogP contribution in [0.25, 0.3) is 22.5 Å². The van der Waals surface area contributed by atoms with Crippen LogP contribution in [0, 0.1) is 0 Å². The van der Waals surface area contributed by atoms with Crippen molar-refractivity contribution in [1.29, 1.82) is 0 Å². The van der Waals surface area contributed by atoms with Gasteiger partial charge in [0.15, 0.2) is 0 Å². The number of hydrogen-bond donors (Lipinski definition) is 0. The maximum atomic E-state index is 13.2. The Kier molecular flexibility index (Phi) is 6.33. The number of rotatable bonds is 6. The van der Waals surface area contributed by atoms with Crippen LogP contribution in [-0.2, 0) is 12.7 Å². The van der Waals surface area contributed by atoms with E-state index in [1.165, 1.54) is 6.07 Å². The monoisotopic (exact) mass is 472 g/mol. The molecule has 0 aliphatic heterocycles. The molecule has 0 N–H and O–H groups in total. The van der Waals surface area contributed by atoms with Gasteiger partial charge in [0.25, 0.3) is 0 Å². The maximum absolute atomic E-state index is 13.2. The molecule has 0 fully saturated rings. The third-order valence-electron chi connectivity index (χ3n) is 5.17. The van der Waals surface area contributed by atoms with Gasteiger partial charge in [0, 0.05) is 11.1 Å². The first-order valence-corrected chi connectivity index (χ1v) is 10.4. The molecular formula is C25H20ClF3N2O2. The normalized spacial score (nSPS) is 11.5. The summed E-state index contributed by atoms with van der Waals surface area (Å²) >= 11 is 6.81. The van der Waals surface area contributed by atoms with E-state index in [0.29, 0.717) is 33.5 Å². The van der Waals surface area contributed by atoms with Crippen LogP contribution in [0.1, 0.15) is 11.1 Å². The summed E-state index contributed by atoms with van der Waals surface area (Å²) in [5, 5.41) is 5.06. The second-order valence-corrected chi connectivity index (χ2v) is 7.71. The van der Waals surface area contributed by atoms with Gasteiger partial charge in [-0.2, -0.15) is 18.3 Å². The van der Waals surface area contributed by atoms with Crippen molar-refractivity contribution >= 4 is 11.6 Å². The SMILES string of the molecule is COc1cccc(-c2nn(Cc3cccc(C(F)(F)F)c3)c(-c3cccc(OC)c3)c2Cl)c1. The number of halogens is 4. The Hall–Kier alpha value is -3.45. The summed E-state index contributed by atoms with van der Waals surface area (Å²) in [5.74, 6) is 1.26. The number of benzene rings is 3. The third-order valence-corrected chi connectivity index (χ3v) is 5.53. The van der Waals surface area contributed by atoms with Crippen LogP contribution >= 0.6 is 11.6 Å². The molecule has 1 heterocycles. The molecular weight excluding hydrogens is 453 g/mol. The molecule has 4 nitrogen and oxygen atoms in total. The van der Waals surface area contributed by atoms with Crippen molar-refractivity contribution in [3.8, 4) is 34.0 Å². The van der Waals surface area contributed by atoms with Gasteiger partial charge in [-0.05, 0) is 42.0 Å². The van der Waals surface area contributed by atoms with E-state index < -0.39 is 11.7 Å². The summed E-state index contributed by atoms with van der Waals surface area (Å²) in [6, 6.07) is 19.7. The van der Waals surface area contributed by atoms with Crippen LogP contribution in [0.4, 0.5) is 13.2 Å². The minimum Gasteiger partial charge on any atom is -0.497 e. The molecule has 0 spiro atoms. The zero-order valence-electron chi connectivity index (χ0n) is 17.9. The summed E-state index contributed by atoms with van der Waals surface area (Å²) in [6.45, 7) is 0.0974. The van der Waals surface area contributed by atoms with Gasteiger partial charge in [0.1, 0.15) is 17.2 Å². The van der Waals surface area contributed by atoms with E-state index in [9.17, 15) is 13.2 Å². The van der Waals surface area contributed by atoms with E-state index in [2.05, 4.69) is 5.10 Å². The molecule has 0 saturated heterocycles. The van der Waals surface area contributed by atoms with Crippen molar-refractivity contribution in [3.63, 3.8) is 0 Å². The number of hydrogen-bond acceptors (Lipinski definition) is 3. The maximum Gasteiger partial charge on any atom is 0.416 e. The molecule has 170 valence electrons. The number of alkyl halides is 3. The van der Waals surface area contributed by atoms with E-state index in [1.807, 2.05) is 24.3 Å². The molecule has 0 atom stereocenters. The van der Waals surface area contributed by atoms with Gasteiger partial charge in [-0.25, -0.2) is 0 Å². The summed E-state index contributed by atoms with van der Waals surface area (Å²) in [7, 11) is 3.12. The number of ether oxygens (including phenoxy) is 2. The van der Waals surface area contributed by atoms with E-state index in [-0.39, 0.29) is 6.54 Å². The Labute approximate surface area is 194 Å². The van der Waals surface area contributed by atoms with Crippen molar-refractivity contribution in [2.24, 2.45) is 0 Å². The summed E-state index contributed by atoms with van der Waals surface area (Å²) in [4.78, 5) is 0. The van der Waals surface area contributed by atoms with Crippen molar-refractivity contribution < 1.29 is 22.6 Å². The van der Waals surface area contributed by atoms with E-state index in [1.54, 1.807) is 49.2 Å². The lowest BCUT2D eigenvalue weighted by atomic mass is 10.1. The fraction of sp³-hybridized carbons (Fsp3) is 0.160. The fourth-order valence-corrected chi connectivity index (χ4v) is 3.93. The Morgan fingerprint density at radius 2 is 1.45 bits per heavy atom. The molecule has 33 heavy (non-hydrogen) atoms. The van der Waals surface area contributed by atoms with Crippen molar-refractivity contribution in [2.75, 3.05) is 14.2 Å². The highest BCUT2D eigenvalue weighted by Crippen LogP contribution is 2.39. The molecule has 3 aromatic carbocycles. The molecule has 8 heteroatoms. The first-order chi connectivity index (χ1) is 15.8. The van der Waals surface area contributed by atoms with Crippen LogP contribution in [0.2, 0.25) is 5.02 Å². The quantitative estimate of drug-likeness (QED) is 0.304. The highest BCUT2D eigenvalue weighted by atomic mass is 35.5. The smallest absolute Gasteiger partial charge is 0.416 e. The topological polar surface area (TPSA) is 36.3 Å². The Balaban J connectivity index is 1.86. The lowest BCUT2D eigenvalue weighted by Gasteiger charge is -2.12. The molecule has 0 saturated carbocycles. The van der Waals surface area contributed by atoms with Gasteiger partial charge in [-0.3, -0.25) is 4.68 Å². The molecule has 0 radical (unpaired) electrons. The second-order valence-electron chi connectivity index (χ2n) is 7.33. The van der Waals surface area contributed by atoms with Crippen LogP contribution in [0.15, 0.2) is 72.8 Å². The van der Waals surface area contributed by atoms with Gasteiger partial charge in [0.2, 0.25) is 0 Å². The fourth-order valence-electron chi connectivity index (χ4n) is 3.57. The average Bonchev–Trinajstić information content (AvgIpc) is 3.14. The summed E-state index contributed by atoms with van der Waals surface area (Å²) in [5.41, 5.74) is 2.27. The van der Waals surface area contributed by atoms with E-state index >= 15 is 0 Å². The van der Waals surface area contributed by atoms with E-state index in [0.717, 1.165) is 23.3 Å². The molecule has 4 rings (SSSR count). The standard InChI is InChI=1S/C25H20ClF3N2O2/c1-32-20-10-4-7-17(13-20)23-22(26)24(18-8-5-11-21(14-18)33-2)31(30-23)15-16-6-3-9-19(12-16)25(27,28)29/h3-14H,15H2,1-2H3. The number of nitrogens with zero attached hydrogens (tertiary/aromatic N) is 2. The van der Waals surface area contributed by atoms with Gasteiger partial charge >= 0.3 is 6.18 Å². The second kappa shape index (κ2) is 9.19. The van der Waals surface area contributed by atoms with E-state index in [4.69, 9.17) is 21.1 Å². The predicted molar refractivity (Wildman–Crippen MR) is 122 cm³/mol. The van der Waals surface area contributed by atoms with Crippen LogP contribution < -0.4 is 9.47 Å². The van der Waals surface area contributed by atoms with Gasteiger partial charge in [0.05, 0.1) is 37.0 Å². The van der Waals surface area contributed by atoms with Crippen molar-refractivity contribution in [2.45, 2.75) is 12.7 Å². The largest absolute Gasteiger partial charge is 0.497 e. The minimum atomic E-state index is -4.43. The predicted octanol–water partition coefficient (Wildman–Crippen LogP) is 6.95. The first-order valence-electron chi connectivity index (χ1n) is 10.0. The zero-order chi connectivity index (χ0) is 23.6. The average molecular weight is 473 g/mol. The van der Waals surface area contributed by atoms with Crippen molar-refractivity contribution in [3.05, 3.63) is 88.9 Å². The Bertz CT molecular complexity index is 1280. The Morgan fingerprint density at radius 1 is 0.848 bits per heavy atom. The van der Waals surface area contributed by atoms with Crippen LogP contribution in [0.3, 0.4) is 0 Å².